The number of nitrogens with zero attached hydrogens (tertiary/aromatic N) is 4. The summed E-state index contributed by atoms with van der Waals surface area (Å²) in [5.74, 6) is 2.73. The lowest BCUT2D eigenvalue weighted by atomic mass is 10.1. The summed E-state index contributed by atoms with van der Waals surface area (Å²) < 4.78 is 0. The predicted molar refractivity (Wildman–Crippen MR) is 95.0 cm³/mol. The van der Waals surface area contributed by atoms with Crippen molar-refractivity contribution in [3.8, 4) is 0 Å². The first kappa shape index (κ1) is 15.7. The zero-order valence-electron chi connectivity index (χ0n) is 14.2. The van der Waals surface area contributed by atoms with E-state index in [-0.39, 0.29) is 0 Å². The van der Waals surface area contributed by atoms with E-state index in [1.165, 1.54) is 11.1 Å². The molecule has 1 saturated heterocycles. The van der Waals surface area contributed by atoms with Crippen LogP contribution in [0.15, 0.2) is 30.3 Å². The van der Waals surface area contributed by atoms with Crippen LogP contribution in [0.4, 0.5) is 11.6 Å². The van der Waals surface area contributed by atoms with E-state index in [9.17, 15) is 0 Å². The van der Waals surface area contributed by atoms with Gasteiger partial charge in [-0.3, -0.25) is 0 Å². The molecule has 0 bridgehead atoms. The van der Waals surface area contributed by atoms with Gasteiger partial charge in [-0.1, -0.05) is 29.8 Å². The third-order valence-electron chi connectivity index (χ3n) is 4.25. The van der Waals surface area contributed by atoms with Crippen LogP contribution in [0.1, 0.15) is 17.0 Å². The van der Waals surface area contributed by atoms with Crippen molar-refractivity contribution in [2.24, 2.45) is 0 Å². The number of anilines is 2. The minimum Gasteiger partial charge on any atom is -0.366 e. The van der Waals surface area contributed by atoms with Crippen molar-refractivity contribution in [2.45, 2.75) is 20.4 Å². The molecule has 0 atom stereocenters. The van der Waals surface area contributed by atoms with Crippen LogP contribution in [0.3, 0.4) is 0 Å². The van der Waals surface area contributed by atoms with Crippen LogP contribution in [0, 0.1) is 13.8 Å². The number of benzene rings is 1. The van der Waals surface area contributed by atoms with Gasteiger partial charge < -0.3 is 15.1 Å². The van der Waals surface area contributed by atoms with Crippen LogP contribution in [0.5, 0.6) is 0 Å². The number of hydrogen-bond acceptors (Lipinski definition) is 5. The maximum Gasteiger partial charge on any atom is 0.134 e. The second kappa shape index (κ2) is 6.96. The van der Waals surface area contributed by atoms with Gasteiger partial charge in [-0.05, 0) is 26.5 Å². The smallest absolute Gasteiger partial charge is 0.134 e. The zero-order chi connectivity index (χ0) is 16.2. The highest BCUT2D eigenvalue weighted by Gasteiger charge is 2.16. The van der Waals surface area contributed by atoms with Gasteiger partial charge in [0.05, 0.1) is 0 Å². The molecule has 0 saturated carbocycles. The Hall–Kier alpha value is -2.14. The molecular formula is C18H25N5. The first-order chi connectivity index (χ1) is 11.1. The highest BCUT2D eigenvalue weighted by Crippen LogP contribution is 2.18. The summed E-state index contributed by atoms with van der Waals surface area (Å²) in [7, 11) is 2.16. The van der Waals surface area contributed by atoms with Crippen molar-refractivity contribution < 1.29 is 0 Å². The zero-order valence-corrected chi connectivity index (χ0v) is 14.2. The normalized spacial score (nSPS) is 15.7. The molecule has 2 heterocycles. The quantitative estimate of drug-likeness (QED) is 0.939. The fourth-order valence-electron chi connectivity index (χ4n) is 2.74. The third-order valence-corrected chi connectivity index (χ3v) is 4.25. The molecule has 1 N–H and O–H groups in total. The van der Waals surface area contributed by atoms with E-state index in [0.717, 1.165) is 50.2 Å². The van der Waals surface area contributed by atoms with Crippen LogP contribution in [0.25, 0.3) is 0 Å². The maximum atomic E-state index is 4.61. The summed E-state index contributed by atoms with van der Waals surface area (Å²) >= 11 is 0. The number of hydrogen-bond donors (Lipinski definition) is 1. The van der Waals surface area contributed by atoms with Gasteiger partial charge in [0.25, 0.3) is 0 Å². The van der Waals surface area contributed by atoms with Crippen LogP contribution < -0.4 is 10.2 Å². The summed E-state index contributed by atoms with van der Waals surface area (Å²) in [6.45, 7) is 9.03. The van der Waals surface area contributed by atoms with Gasteiger partial charge in [0, 0.05) is 38.8 Å². The molecule has 0 aliphatic carbocycles. The molecule has 5 heteroatoms. The Balaban J connectivity index is 1.68. The number of nitrogens with one attached hydrogen (secondary N) is 1. The summed E-state index contributed by atoms with van der Waals surface area (Å²) in [6, 6.07) is 10.6. The predicted octanol–water partition coefficient (Wildman–Crippen LogP) is 2.46. The van der Waals surface area contributed by atoms with Gasteiger partial charge in [0.2, 0.25) is 0 Å². The van der Waals surface area contributed by atoms with Gasteiger partial charge in [-0.25, -0.2) is 9.97 Å². The van der Waals surface area contributed by atoms with Gasteiger partial charge in [-0.15, -0.1) is 0 Å². The molecule has 5 nitrogen and oxygen atoms in total. The molecule has 0 unspecified atom stereocenters. The lowest BCUT2D eigenvalue weighted by Gasteiger charge is -2.33. The lowest BCUT2D eigenvalue weighted by Crippen LogP contribution is -2.44. The first-order valence-electron chi connectivity index (χ1n) is 8.19. The highest BCUT2D eigenvalue weighted by atomic mass is 15.3. The minimum absolute atomic E-state index is 0.777. The SMILES string of the molecule is Cc1ccc(CNc2cc(N3CCN(C)CC3)nc(C)n2)cc1. The van der Waals surface area contributed by atoms with Crippen molar-refractivity contribution in [3.05, 3.63) is 47.3 Å². The first-order valence-corrected chi connectivity index (χ1v) is 8.19. The van der Waals surface area contributed by atoms with E-state index in [1.54, 1.807) is 0 Å². The van der Waals surface area contributed by atoms with E-state index in [4.69, 9.17) is 0 Å². The molecule has 0 spiro atoms. The molecule has 0 radical (unpaired) electrons. The van der Waals surface area contributed by atoms with E-state index in [0.29, 0.717) is 0 Å². The Morgan fingerprint density at radius 1 is 1.00 bits per heavy atom. The molecule has 1 aliphatic rings. The maximum absolute atomic E-state index is 4.61. The number of aromatic nitrogens is 2. The van der Waals surface area contributed by atoms with Gasteiger partial charge >= 0.3 is 0 Å². The third kappa shape index (κ3) is 4.20. The highest BCUT2D eigenvalue weighted by molar-refractivity contribution is 5.50. The Morgan fingerprint density at radius 2 is 1.70 bits per heavy atom. The Labute approximate surface area is 138 Å². The second-order valence-electron chi connectivity index (χ2n) is 6.29. The van der Waals surface area contributed by atoms with Crippen molar-refractivity contribution in [1.29, 1.82) is 0 Å². The lowest BCUT2D eigenvalue weighted by molar-refractivity contribution is 0.312. The number of piperazine rings is 1. The number of aryl methyl sites for hydroxylation is 2. The fraction of sp³-hybridized carbons (Fsp3) is 0.444. The van der Waals surface area contributed by atoms with Gasteiger partial charge in [0.1, 0.15) is 17.5 Å². The number of rotatable bonds is 4. The topological polar surface area (TPSA) is 44.3 Å². The Bertz CT molecular complexity index is 645. The fourth-order valence-corrected chi connectivity index (χ4v) is 2.74. The molecule has 0 amide bonds. The summed E-state index contributed by atoms with van der Waals surface area (Å²) in [4.78, 5) is 13.8. The monoisotopic (exact) mass is 311 g/mol. The molecule has 1 aromatic heterocycles. The average Bonchev–Trinajstić information content (AvgIpc) is 2.54. The van der Waals surface area contributed by atoms with Crippen LogP contribution in [-0.4, -0.2) is 48.1 Å². The second-order valence-corrected chi connectivity index (χ2v) is 6.29. The average molecular weight is 311 g/mol. The standard InChI is InChI=1S/C18H25N5/c1-14-4-6-16(7-5-14)13-19-17-12-18(21-15(2)20-17)23-10-8-22(3)9-11-23/h4-7,12H,8-11,13H2,1-3H3,(H,19,20,21). The molecule has 3 rings (SSSR count). The summed E-state index contributed by atoms with van der Waals surface area (Å²) in [6.07, 6.45) is 0. The van der Waals surface area contributed by atoms with Gasteiger partial charge in [0.15, 0.2) is 0 Å². The van der Waals surface area contributed by atoms with E-state index >= 15 is 0 Å². The van der Waals surface area contributed by atoms with Crippen molar-refractivity contribution in [3.63, 3.8) is 0 Å². The number of likely N-dealkylation sites (N-methyl/N-ethyl adjacent to an activating group) is 1. The molecule has 1 aliphatic heterocycles. The summed E-state index contributed by atoms with van der Waals surface area (Å²) in [5.41, 5.74) is 2.54. The van der Waals surface area contributed by atoms with E-state index in [2.05, 4.69) is 69.4 Å². The molecular weight excluding hydrogens is 286 g/mol. The molecule has 2 aromatic rings. The molecule has 1 fully saturated rings. The van der Waals surface area contributed by atoms with Crippen LogP contribution in [-0.2, 0) is 6.54 Å². The van der Waals surface area contributed by atoms with Crippen molar-refractivity contribution in [2.75, 3.05) is 43.4 Å². The Kier molecular flexibility index (Phi) is 4.76. The minimum atomic E-state index is 0.777. The van der Waals surface area contributed by atoms with Crippen molar-refractivity contribution in [1.82, 2.24) is 14.9 Å². The van der Waals surface area contributed by atoms with E-state index < -0.39 is 0 Å². The van der Waals surface area contributed by atoms with E-state index in [1.807, 2.05) is 6.92 Å². The summed E-state index contributed by atoms with van der Waals surface area (Å²) in [5, 5.41) is 3.42. The molecule has 1 aromatic carbocycles. The Morgan fingerprint density at radius 3 is 2.39 bits per heavy atom. The van der Waals surface area contributed by atoms with Crippen LogP contribution >= 0.6 is 0 Å². The van der Waals surface area contributed by atoms with Gasteiger partial charge in [-0.2, -0.15) is 0 Å². The molecule has 122 valence electrons. The van der Waals surface area contributed by atoms with Crippen LogP contribution in [0.2, 0.25) is 0 Å². The molecule has 23 heavy (non-hydrogen) atoms. The largest absolute Gasteiger partial charge is 0.366 e. The van der Waals surface area contributed by atoms with Crippen molar-refractivity contribution >= 4 is 11.6 Å².